The first-order valence-corrected chi connectivity index (χ1v) is 5.72. The van der Waals surface area contributed by atoms with Crippen LogP contribution in [0.25, 0.3) is 0 Å². The molecule has 1 aliphatic heterocycles. The van der Waals surface area contributed by atoms with E-state index in [0.29, 0.717) is 0 Å². The Hall–Kier alpha value is -1.49. The van der Waals surface area contributed by atoms with Crippen LogP contribution in [0.5, 0.6) is 0 Å². The van der Waals surface area contributed by atoms with Crippen LogP contribution in [0.4, 0.5) is 4.39 Å². The van der Waals surface area contributed by atoms with Crippen molar-refractivity contribution >= 4 is 5.97 Å². The van der Waals surface area contributed by atoms with Crippen LogP contribution in [0.3, 0.4) is 0 Å². The first-order valence-electron chi connectivity index (χ1n) is 5.72. The minimum Gasteiger partial charge on any atom is -0.481 e. The number of rotatable bonds is 3. The van der Waals surface area contributed by atoms with Gasteiger partial charge in [0.05, 0.1) is 0 Å². The summed E-state index contributed by atoms with van der Waals surface area (Å²) >= 11 is 0. The Morgan fingerprint density at radius 1 is 1.59 bits per heavy atom. The molecule has 0 bridgehead atoms. The third kappa shape index (κ3) is 3.23. The van der Waals surface area contributed by atoms with Gasteiger partial charge in [0.25, 0.3) is 0 Å². The maximum atomic E-state index is 12.7. The fourth-order valence-electron chi connectivity index (χ4n) is 2.28. The molecule has 4 nitrogen and oxygen atoms in total. The lowest BCUT2D eigenvalue weighted by molar-refractivity contribution is -0.138. The topological polar surface area (TPSA) is 62.2 Å². The Balaban J connectivity index is 2.01. The number of hydrogen-bond donors (Lipinski definition) is 2. The van der Waals surface area contributed by atoms with E-state index in [2.05, 4.69) is 10.3 Å². The van der Waals surface area contributed by atoms with Crippen molar-refractivity contribution in [2.24, 2.45) is 5.92 Å². The Labute approximate surface area is 98.9 Å². The summed E-state index contributed by atoms with van der Waals surface area (Å²) in [5, 5.41) is 12.1. The SMILES string of the molecule is O=C(O)CC1CCNC(c2ccc(F)nc2)C1. The maximum Gasteiger partial charge on any atom is 0.303 e. The fourth-order valence-corrected chi connectivity index (χ4v) is 2.28. The first-order chi connectivity index (χ1) is 8.15. The van der Waals surface area contributed by atoms with E-state index in [9.17, 15) is 9.18 Å². The molecule has 2 heterocycles. The number of nitrogens with zero attached hydrogens (tertiary/aromatic N) is 1. The van der Waals surface area contributed by atoms with Crippen LogP contribution in [0, 0.1) is 11.9 Å². The van der Waals surface area contributed by atoms with Gasteiger partial charge >= 0.3 is 5.97 Å². The second-order valence-electron chi connectivity index (χ2n) is 4.41. The highest BCUT2D eigenvalue weighted by Crippen LogP contribution is 2.28. The van der Waals surface area contributed by atoms with Crippen molar-refractivity contribution in [1.82, 2.24) is 10.3 Å². The largest absolute Gasteiger partial charge is 0.481 e. The smallest absolute Gasteiger partial charge is 0.303 e. The molecule has 1 fully saturated rings. The van der Waals surface area contributed by atoms with Gasteiger partial charge < -0.3 is 10.4 Å². The van der Waals surface area contributed by atoms with Crippen LogP contribution in [-0.4, -0.2) is 22.6 Å². The molecule has 1 aliphatic rings. The van der Waals surface area contributed by atoms with Gasteiger partial charge in [-0.2, -0.15) is 4.39 Å². The molecular weight excluding hydrogens is 223 g/mol. The predicted molar refractivity (Wildman–Crippen MR) is 59.9 cm³/mol. The van der Waals surface area contributed by atoms with Crippen molar-refractivity contribution < 1.29 is 14.3 Å². The highest BCUT2D eigenvalue weighted by molar-refractivity contribution is 5.67. The lowest BCUT2D eigenvalue weighted by Gasteiger charge is -2.29. The molecule has 2 rings (SSSR count). The number of pyridine rings is 1. The quantitative estimate of drug-likeness (QED) is 0.787. The summed E-state index contributed by atoms with van der Waals surface area (Å²) in [4.78, 5) is 14.3. The van der Waals surface area contributed by atoms with Gasteiger partial charge in [-0.25, -0.2) is 4.98 Å². The summed E-state index contributed by atoms with van der Waals surface area (Å²) in [6, 6.07) is 3.11. The van der Waals surface area contributed by atoms with Crippen molar-refractivity contribution in [3.8, 4) is 0 Å². The standard InChI is InChI=1S/C12H15FN2O2/c13-11-2-1-9(7-15-11)10-5-8(3-4-14-10)6-12(16)17/h1-2,7-8,10,14H,3-6H2,(H,16,17). The van der Waals surface area contributed by atoms with Gasteiger partial charge in [0, 0.05) is 18.7 Å². The average Bonchev–Trinajstić information content (AvgIpc) is 2.29. The van der Waals surface area contributed by atoms with Crippen molar-refractivity contribution in [3.05, 3.63) is 29.8 Å². The molecule has 2 unspecified atom stereocenters. The second-order valence-corrected chi connectivity index (χ2v) is 4.41. The minimum atomic E-state index is -0.757. The summed E-state index contributed by atoms with van der Waals surface area (Å²) < 4.78 is 12.7. The summed E-state index contributed by atoms with van der Waals surface area (Å²) in [6.07, 6.45) is 3.35. The highest BCUT2D eigenvalue weighted by atomic mass is 19.1. The molecule has 1 aromatic heterocycles. The molecule has 2 atom stereocenters. The summed E-state index contributed by atoms with van der Waals surface area (Å²) in [6.45, 7) is 0.792. The summed E-state index contributed by atoms with van der Waals surface area (Å²) in [7, 11) is 0. The number of carbonyl (C=O) groups is 1. The van der Waals surface area contributed by atoms with Gasteiger partial charge in [-0.05, 0) is 36.9 Å². The zero-order chi connectivity index (χ0) is 12.3. The van der Waals surface area contributed by atoms with Gasteiger partial charge in [-0.1, -0.05) is 6.07 Å². The van der Waals surface area contributed by atoms with Crippen LogP contribution in [0.2, 0.25) is 0 Å². The molecule has 0 radical (unpaired) electrons. The number of carboxylic acid groups (broad SMARTS) is 1. The van der Waals surface area contributed by atoms with Crippen molar-refractivity contribution in [3.63, 3.8) is 0 Å². The summed E-state index contributed by atoms with van der Waals surface area (Å²) in [5.74, 6) is -1.07. The second kappa shape index (κ2) is 5.23. The molecule has 0 amide bonds. The Morgan fingerprint density at radius 3 is 3.06 bits per heavy atom. The molecule has 1 aromatic rings. The molecule has 0 spiro atoms. The highest BCUT2D eigenvalue weighted by Gasteiger charge is 2.24. The van der Waals surface area contributed by atoms with Gasteiger partial charge in [0.1, 0.15) is 0 Å². The lowest BCUT2D eigenvalue weighted by Crippen LogP contribution is -2.32. The fraction of sp³-hybridized carbons (Fsp3) is 0.500. The maximum absolute atomic E-state index is 12.7. The number of nitrogens with one attached hydrogen (secondary N) is 1. The molecular formula is C12H15FN2O2. The van der Waals surface area contributed by atoms with Crippen LogP contribution in [-0.2, 0) is 4.79 Å². The van der Waals surface area contributed by atoms with E-state index in [1.807, 2.05) is 0 Å². The Bertz CT molecular complexity index is 394. The zero-order valence-electron chi connectivity index (χ0n) is 9.40. The molecule has 0 aliphatic carbocycles. The summed E-state index contributed by atoms with van der Waals surface area (Å²) in [5.41, 5.74) is 0.918. The van der Waals surface area contributed by atoms with E-state index in [-0.39, 0.29) is 18.4 Å². The van der Waals surface area contributed by atoms with E-state index in [4.69, 9.17) is 5.11 Å². The monoisotopic (exact) mass is 238 g/mol. The number of carboxylic acids is 1. The van der Waals surface area contributed by atoms with Crippen LogP contribution >= 0.6 is 0 Å². The van der Waals surface area contributed by atoms with E-state index in [1.165, 1.54) is 12.3 Å². The number of piperidine rings is 1. The molecule has 1 saturated heterocycles. The average molecular weight is 238 g/mol. The molecule has 0 aromatic carbocycles. The first kappa shape index (κ1) is 12.0. The third-order valence-corrected chi connectivity index (χ3v) is 3.13. The van der Waals surface area contributed by atoms with Crippen LogP contribution in [0.15, 0.2) is 18.3 Å². The molecule has 2 N–H and O–H groups in total. The van der Waals surface area contributed by atoms with E-state index in [1.54, 1.807) is 6.07 Å². The van der Waals surface area contributed by atoms with E-state index < -0.39 is 11.9 Å². The number of halogens is 1. The van der Waals surface area contributed by atoms with Crippen molar-refractivity contribution in [1.29, 1.82) is 0 Å². The Kier molecular flexibility index (Phi) is 3.68. The number of aliphatic carboxylic acids is 1. The normalized spacial score (nSPS) is 24.5. The molecule has 92 valence electrons. The van der Waals surface area contributed by atoms with Gasteiger partial charge in [0.2, 0.25) is 5.95 Å². The molecule has 5 heteroatoms. The van der Waals surface area contributed by atoms with Crippen molar-refractivity contribution in [2.45, 2.75) is 25.3 Å². The minimum absolute atomic E-state index is 0.0844. The van der Waals surface area contributed by atoms with Gasteiger partial charge in [0.15, 0.2) is 0 Å². The number of aromatic nitrogens is 1. The van der Waals surface area contributed by atoms with Crippen LogP contribution in [0.1, 0.15) is 30.9 Å². The predicted octanol–water partition coefficient (Wildman–Crippen LogP) is 1.74. The van der Waals surface area contributed by atoms with Crippen LogP contribution < -0.4 is 5.32 Å². The number of hydrogen-bond acceptors (Lipinski definition) is 3. The lowest BCUT2D eigenvalue weighted by atomic mass is 9.87. The van der Waals surface area contributed by atoms with Gasteiger partial charge in [-0.15, -0.1) is 0 Å². The molecule has 17 heavy (non-hydrogen) atoms. The third-order valence-electron chi connectivity index (χ3n) is 3.13. The molecule has 0 saturated carbocycles. The van der Waals surface area contributed by atoms with Gasteiger partial charge in [-0.3, -0.25) is 4.79 Å². The van der Waals surface area contributed by atoms with E-state index >= 15 is 0 Å². The Morgan fingerprint density at radius 2 is 2.41 bits per heavy atom. The zero-order valence-corrected chi connectivity index (χ0v) is 9.40. The van der Waals surface area contributed by atoms with Crippen molar-refractivity contribution in [2.75, 3.05) is 6.54 Å². The van der Waals surface area contributed by atoms with E-state index in [0.717, 1.165) is 24.9 Å².